The Balaban J connectivity index is 1.13. The maximum absolute atomic E-state index is 15.4. The third-order valence-electron chi connectivity index (χ3n) is 8.31. The quantitative estimate of drug-likeness (QED) is 0.287. The maximum atomic E-state index is 15.4. The van der Waals surface area contributed by atoms with Gasteiger partial charge in [0.05, 0.1) is 23.9 Å². The van der Waals surface area contributed by atoms with Crippen molar-refractivity contribution in [3.63, 3.8) is 0 Å². The molecule has 2 fully saturated rings. The normalized spacial score (nSPS) is 15.6. The number of hydrogen-bond donors (Lipinski definition) is 2. The summed E-state index contributed by atoms with van der Waals surface area (Å²) in [4.78, 5) is 50.0. The van der Waals surface area contributed by atoms with Gasteiger partial charge in [0.15, 0.2) is 0 Å². The first-order chi connectivity index (χ1) is 21.6. The van der Waals surface area contributed by atoms with Crippen molar-refractivity contribution in [2.75, 3.05) is 49.6 Å². The lowest BCUT2D eigenvalue weighted by Gasteiger charge is -2.37. The molecule has 0 spiro atoms. The van der Waals surface area contributed by atoms with E-state index in [4.69, 9.17) is 4.74 Å². The summed E-state index contributed by atoms with van der Waals surface area (Å²) in [5, 5.41) is 20.0. The van der Waals surface area contributed by atoms with Crippen LogP contribution in [-0.4, -0.2) is 81.3 Å². The Morgan fingerprint density at radius 2 is 1.76 bits per heavy atom. The number of anilines is 2. The Morgan fingerprint density at radius 1 is 1.07 bits per heavy atom. The first-order valence-electron chi connectivity index (χ1n) is 14.7. The second-order valence-electron chi connectivity index (χ2n) is 11.4. The van der Waals surface area contributed by atoms with E-state index in [9.17, 15) is 24.6 Å². The number of aliphatic hydroxyl groups excluding tert-OH is 1. The summed E-state index contributed by atoms with van der Waals surface area (Å²) in [6, 6.07) is 11.6. The van der Waals surface area contributed by atoms with Gasteiger partial charge in [-0.1, -0.05) is 12.1 Å². The second-order valence-corrected chi connectivity index (χ2v) is 11.4. The van der Waals surface area contributed by atoms with E-state index < -0.39 is 23.3 Å². The molecule has 1 atom stereocenters. The molecule has 2 aliphatic rings. The van der Waals surface area contributed by atoms with Crippen LogP contribution in [0.25, 0.3) is 10.9 Å². The van der Waals surface area contributed by atoms with Crippen molar-refractivity contribution < 1.29 is 28.9 Å². The standard InChI is InChI=1S/C32H33FN6O6/c1-19(40)36(2)17-28(41)20-3-7-22(8-4-20)45-30-15-29(34-18-35-30)38-11-9-37(10-12-38)27-14-26-23(13-25(27)33)31(42)24(32(43)44)16-39(26)21-5-6-21/h3-4,7-8,13-16,18,21,28,41H,5-6,9-12,17H2,1-2H3,(H,43,44)/t28-/m0/s1. The van der Waals surface area contributed by atoms with Gasteiger partial charge >= 0.3 is 5.97 Å². The van der Waals surface area contributed by atoms with Gasteiger partial charge in [-0.25, -0.2) is 19.2 Å². The highest BCUT2D eigenvalue weighted by Gasteiger charge is 2.29. The highest BCUT2D eigenvalue weighted by atomic mass is 19.1. The number of halogens is 1. The topological polar surface area (TPSA) is 141 Å². The van der Waals surface area contributed by atoms with E-state index in [1.807, 2.05) is 9.80 Å². The number of fused-ring (bicyclic) bond motifs is 1. The van der Waals surface area contributed by atoms with Crippen molar-refractivity contribution in [1.29, 1.82) is 0 Å². The molecule has 2 aromatic heterocycles. The van der Waals surface area contributed by atoms with E-state index in [1.165, 1.54) is 24.3 Å². The third-order valence-corrected chi connectivity index (χ3v) is 8.31. The minimum atomic E-state index is -1.32. The average molecular weight is 617 g/mol. The van der Waals surface area contributed by atoms with Gasteiger partial charge in [-0.3, -0.25) is 9.59 Å². The van der Waals surface area contributed by atoms with Crippen LogP contribution in [0.1, 0.15) is 47.8 Å². The molecule has 4 aromatic rings. The lowest BCUT2D eigenvalue weighted by molar-refractivity contribution is -0.128. The molecule has 2 N–H and O–H groups in total. The van der Waals surface area contributed by atoms with Crippen molar-refractivity contribution in [1.82, 2.24) is 19.4 Å². The zero-order valence-corrected chi connectivity index (χ0v) is 24.9. The van der Waals surface area contributed by atoms with Crippen LogP contribution in [0.2, 0.25) is 0 Å². The number of aliphatic hydroxyl groups is 1. The van der Waals surface area contributed by atoms with Crippen LogP contribution in [0.5, 0.6) is 11.6 Å². The van der Waals surface area contributed by atoms with E-state index in [-0.39, 0.29) is 29.4 Å². The molecule has 1 amide bonds. The SMILES string of the molecule is CC(=O)N(C)C[C@H](O)c1ccc(Oc2cc(N3CCN(c4cc5c(cc4F)c(=O)c(C(=O)O)cn5C4CC4)CC3)ncn2)cc1. The predicted molar refractivity (Wildman–Crippen MR) is 165 cm³/mol. The minimum Gasteiger partial charge on any atom is -0.477 e. The van der Waals surface area contributed by atoms with Crippen LogP contribution in [0.4, 0.5) is 15.9 Å². The highest BCUT2D eigenvalue weighted by Crippen LogP contribution is 2.38. The van der Waals surface area contributed by atoms with Gasteiger partial charge in [0.25, 0.3) is 0 Å². The molecule has 0 bridgehead atoms. The number of carboxylic acids is 1. The summed E-state index contributed by atoms with van der Waals surface area (Å²) >= 11 is 0. The fraction of sp³-hybridized carbons (Fsp3) is 0.344. The Hall–Kier alpha value is -5.04. The number of piperazine rings is 1. The number of nitrogens with zero attached hydrogens (tertiary/aromatic N) is 6. The van der Waals surface area contributed by atoms with E-state index >= 15 is 4.39 Å². The van der Waals surface area contributed by atoms with Crippen molar-refractivity contribution in [2.45, 2.75) is 31.9 Å². The first-order valence-corrected chi connectivity index (χ1v) is 14.7. The second kappa shape index (κ2) is 12.2. The van der Waals surface area contributed by atoms with Crippen LogP contribution in [-0.2, 0) is 4.79 Å². The van der Waals surface area contributed by atoms with Gasteiger partial charge in [-0.15, -0.1) is 0 Å². The molecule has 13 heteroatoms. The summed E-state index contributed by atoms with van der Waals surface area (Å²) in [6.45, 7) is 3.70. The molecule has 1 saturated carbocycles. The fourth-order valence-electron chi connectivity index (χ4n) is 5.52. The number of carboxylic acid groups (broad SMARTS) is 1. The Kier molecular flexibility index (Phi) is 8.11. The number of aromatic carboxylic acids is 1. The lowest BCUT2D eigenvalue weighted by atomic mass is 10.1. The minimum absolute atomic E-state index is 0.0709. The largest absolute Gasteiger partial charge is 0.477 e. The number of pyridine rings is 1. The fourth-order valence-corrected chi connectivity index (χ4v) is 5.52. The number of carbonyl (C=O) groups is 2. The molecule has 3 heterocycles. The molecule has 2 aromatic carbocycles. The monoisotopic (exact) mass is 616 g/mol. The zero-order chi connectivity index (χ0) is 31.8. The van der Waals surface area contributed by atoms with Gasteiger partial charge in [-0.2, -0.15) is 0 Å². The van der Waals surface area contributed by atoms with Crippen molar-refractivity contribution >= 4 is 34.3 Å². The molecular formula is C32H33FN6O6. The number of hydrogen-bond acceptors (Lipinski definition) is 9. The molecule has 1 aliphatic heterocycles. The van der Waals surface area contributed by atoms with Crippen LogP contribution < -0.4 is 20.0 Å². The van der Waals surface area contributed by atoms with Crippen LogP contribution in [0, 0.1) is 5.82 Å². The van der Waals surface area contributed by atoms with Crippen LogP contribution >= 0.6 is 0 Å². The number of benzene rings is 2. The molecule has 1 saturated heterocycles. The van der Waals surface area contributed by atoms with E-state index in [2.05, 4.69) is 9.97 Å². The van der Waals surface area contributed by atoms with Crippen molar-refractivity contribution in [2.24, 2.45) is 0 Å². The lowest BCUT2D eigenvalue weighted by Crippen LogP contribution is -2.47. The van der Waals surface area contributed by atoms with Gasteiger partial charge in [0, 0.05) is 63.8 Å². The number of carbonyl (C=O) groups excluding carboxylic acids is 1. The molecule has 6 rings (SSSR count). The van der Waals surface area contributed by atoms with Gasteiger partial charge in [0.1, 0.15) is 29.3 Å². The first kappa shape index (κ1) is 30.0. The molecule has 45 heavy (non-hydrogen) atoms. The van der Waals surface area contributed by atoms with Gasteiger partial charge in [0.2, 0.25) is 17.2 Å². The van der Waals surface area contributed by atoms with E-state index in [1.54, 1.807) is 48.0 Å². The summed E-state index contributed by atoms with van der Waals surface area (Å²) < 4.78 is 23.1. The number of likely N-dealkylation sites (N-methyl/N-ethyl adjacent to an activating group) is 1. The number of amides is 1. The van der Waals surface area contributed by atoms with Gasteiger partial charge in [-0.05, 0) is 42.7 Å². The Morgan fingerprint density at radius 3 is 2.40 bits per heavy atom. The van der Waals surface area contributed by atoms with Crippen LogP contribution in [0.15, 0.2) is 59.8 Å². The number of rotatable bonds is 9. The van der Waals surface area contributed by atoms with E-state index in [0.717, 1.165) is 18.9 Å². The van der Waals surface area contributed by atoms with Gasteiger partial charge < -0.3 is 34.2 Å². The Labute approximate surface area is 257 Å². The Bertz CT molecular complexity index is 1820. The summed E-state index contributed by atoms with van der Waals surface area (Å²) in [5.74, 6) is -0.507. The molecular weight excluding hydrogens is 583 g/mol. The summed E-state index contributed by atoms with van der Waals surface area (Å²) in [7, 11) is 1.63. The maximum Gasteiger partial charge on any atom is 0.341 e. The average Bonchev–Trinajstić information content (AvgIpc) is 3.87. The molecule has 12 nitrogen and oxygen atoms in total. The van der Waals surface area contributed by atoms with E-state index in [0.29, 0.717) is 60.4 Å². The van der Waals surface area contributed by atoms with Crippen molar-refractivity contribution in [3.8, 4) is 11.6 Å². The molecule has 1 aliphatic carbocycles. The predicted octanol–water partition coefficient (Wildman–Crippen LogP) is 3.59. The number of ether oxygens (including phenoxy) is 1. The third kappa shape index (κ3) is 6.29. The zero-order valence-electron chi connectivity index (χ0n) is 24.9. The summed E-state index contributed by atoms with van der Waals surface area (Å²) in [6.07, 6.45) is 3.72. The summed E-state index contributed by atoms with van der Waals surface area (Å²) in [5.41, 5.74) is 0.522. The molecule has 0 unspecified atom stereocenters. The highest BCUT2D eigenvalue weighted by molar-refractivity contribution is 5.93. The molecule has 0 radical (unpaired) electrons. The van der Waals surface area contributed by atoms with Crippen LogP contribution in [0.3, 0.4) is 0 Å². The molecule has 234 valence electrons. The smallest absolute Gasteiger partial charge is 0.341 e. The van der Waals surface area contributed by atoms with Crippen molar-refractivity contribution in [3.05, 3.63) is 82.2 Å². The number of aromatic nitrogens is 3.